The molecule has 2 heterocycles. The minimum atomic E-state index is -1.36. The molecule has 1 fully saturated rings. The van der Waals surface area contributed by atoms with E-state index in [1.165, 1.54) is 11.3 Å². The SMILES string of the molecule is CCOc1ccc(Cc2sc([C@@H]3O[C@H](CO)[C@@H](O)[C@H](O)[C@H]3O)cc2C)cc1. The van der Waals surface area contributed by atoms with E-state index in [0.29, 0.717) is 6.61 Å². The first kappa shape index (κ1) is 20.3. The van der Waals surface area contributed by atoms with Crippen LogP contribution in [-0.2, 0) is 11.2 Å². The lowest BCUT2D eigenvalue weighted by atomic mass is 9.94. The van der Waals surface area contributed by atoms with Crippen molar-refractivity contribution in [2.24, 2.45) is 0 Å². The Bertz CT molecular complexity index is 741. The van der Waals surface area contributed by atoms with Crippen LogP contribution < -0.4 is 4.74 Å². The van der Waals surface area contributed by atoms with E-state index >= 15 is 0 Å². The molecule has 0 spiro atoms. The number of ether oxygens (including phenoxy) is 2. The highest BCUT2D eigenvalue weighted by molar-refractivity contribution is 7.12. The Morgan fingerprint density at radius 1 is 1.07 bits per heavy atom. The van der Waals surface area contributed by atoms with Crippen LogP contribution in [0.25, 0.3) is 0 Å². The molecule has 7 heteroatoms. The maximum atomic E-state index is 10.3. The number of benzene rings is 1. The van der Waals surface area contributed by atoms with E-state index in [4.69, 9.17) is 9.47 Å². The molecule has 0 bridgehead atoms. The van der Waals surface area contributed by atoms with Crippen LogP contribution in [0.1, 0.15) is 33.9 Å². The van der Waals surface area contributed by atoms with Crippen molar-refractivity contribution in [2.45, 2.75) is 50.8 Å². The minimum absolute atomic E-state index is 0.426. The predicted molar refractivity (Wildman–Crippen MR) is 102 cm³/mol. The Hall–Kier alpha value is -1.48. The topological polar surface area (TPSA) is 99.4 Å². The average Bonchev–Trinajstić information content (AvgIpc) is 3.02. The molecule has 27 heavy (non-hydrogen) atoms. The highest BCUT2D eigenvalue weighted by Gasteiger charge is 2.44. The Labute approximate surface area is 162 Å². The van der Waals surface area contributed by atoms with Crippen LogP contribution in [-0.4, -0.2) is 58.1 Å². The van der Waals surface area contributed by atoms with Gasteiger partial charge in [-0.2, -0.15) is 0 Å². The van der Waals surface area contributed by atoms with Gasteiger partial charge < -0.3 is 29.9 Å². The Balaban J connectivity index is 1.77. The molecule has 0 unspecified atom stereocenters. The van der Waals surface area contributed by atoms with Crippen LogP contribution in [0.15, 0.2) is 30.3 Å². The zero-order valence-corrected chi connectivity index (χ0v) is 16.2. The van der Waals surface area contributed by atoms with Crippen LogP contribution in [0.5, 0.6) is 5.75 Å². The van der Waals surface area contributed by atoms with E-state index in [-0.39, 0.29) is 0 Å². The van der Waals surface area contributed by atoms with Gasteiger partial charge in [-0.15, -0.1) is 11.3 Å². The quantitative estimate of drug-likeness (QED) is 0.594. The van der Waals surface area contributed by atoms with Crippen LogP contribution in [0, 0.1) is 6.92 Å². The van der Waals surface area contributed by atoms with Crippen molar-refractivity contribution in [1.29, 1.82) is 0 Å². The first-order valence-corrected chi connectivity index (χ1v) is 9.87. The molecule has 0 amide bonds. The Morgan fingerprint density at radius 2 is 1.78 bits per heavy atom. The summed E-state index contributed by atoms with van der Waals surface area (Å²) in [5.74, 6) is 0.839. The summed E-state index contributed by atoms with van der Waals surface area (Å²) < 4.78 is 11.1. The van der Waals surface area contributed by atoms with Crippen LogP contribution in [0.2, 0.25) is 0 Å². The van der Waals surface area contributed by atoms with Gasteiger partial charge in [0.25, 0.3) is 0 Å². The van der Waals surface area contributed by atoms with E-state index in [0.717, 1.165) is 33.1 Å². The summed E-state index contributed by atoms with van der Waals surface area (Å²) >= 11 is 1.50. The molecule has 148 valence electrons. The van der Waals surface area contributed by atoms with Gasteiger partial charge in [0.05, 0.1) is 13.2 Å². The maximum absolute atomic E-state index is 10.3. The van der Waals surface area contributed by atoms with E-state index in [2.05, 4.69) is 0 Å². The molecule has 6 nitrogen and oxygen atoms in total. The number of aliphatic hydroxyl groups is 4. The van der Waals surface area contributed by atoms with Gasteiger partial charge in [-0.05, 0) is 43.2 Å². The van der Waals surface area contributed by atoms with Crippen molar-refractivity contribution >= 4 is 11.3 Å². The van der Waals surface area contributed by atoms with Crippen molar-refractivity contribution in [3.8, 4) is 5.75 Å². The standard InChI is InChI=1S/C20H26O6S/c1-3-25-13-6-4-12(5-7-13)9-15-11(2)8-16(27-15)20-19(24)18(23)17(22)14(10-21)26-20/h4-8,14,17-24H,3,9-10H2,1-2H3/t14-,17-,18+,19-,20+/m1/s1. The second kappa shape index (κ2) is 8.68. The second-order valence-electron chi connectivity index (χ2n) is 6.76. The lowest BCUT2D eigenvalue weighted by Crippen LogP contribution is -2.55. The van der Waals surface area contributed by atoms with Crippen molar-refractivity contribution in [3.63, 3.8) is 0 Å². The summed E-state index contributed by atoms with van der Waals surface area (Å²) in [4.78, 5) is 1.90. The van der Waals surface area contributed by atoms with Gasteiger partial charge in [-0.1, -0.05) is 12.1 Å². The first-order valence-electron chi connectivity index (χ1n) is 9.06. The molecule has 4 N–H and O–H groups in total. The monoisotopic (exact) mass is 394 g/mol. The minimum Gasteiger partial charge on any atom is -0.494 e. The van der Waals surface area contributed by atoms with Gasteiger partial charge in [0.2, 0.25) is 0 Å². The average molecular weight is 394 g/mol. The normalized spacial score (nSPS) is 28.3. The Kier molecular flexibility index (Phi) is 6.52. The summed E-state index contributed by atoms with van der Waals surface area (Å²) in [6.07, 6.45) is -4.90. The molecule has 5 atom stereocenters. The maximum Gasteiger partial charge on any atom is 0.121 e. The largest absolute Gasteiger partial charge is 0.494 e. The number of hydrogen-bond acceptors (Lipinski definition) is 7. The molecule has 3 rings (SSSR count). The Morgan fingerprint density at radius 3 is 2.41 bits per heavy atom. The fraction of sp³-hybridized carbons (Fsp3) is 0.500. The first-order chi connectivity index (χ1) is 12.9. The van der Waals surface area contributed by atoms with Gasteiger partial charge >= 0.3 is 0 Å². The third-order valence-corrected chi connectivity index (χ3v) is 6.11. The highest BCUT2D eigenvalue weighted by atomic mass is 32.1. The zero-order chi connectivity index (χ0) is 19.6. The van der Waals surface area contributed by atoms with Crippen molar-refractivity contribution in [1.82, 2.24) is 0 Å². The van der Waals surface area contributed by atoms with Crippen LogP contribution in [0.3, 0.4) is 0 Å². The third-order valence-electron chi connectivity index (χ3n) is 4.81. The number of thiophene rings is 1. The van der Waals surface area contributed by atoms with Crippen LogP contribution in [0.4, 0.5) is 0 Å². The molecular formula is C20H26O6S. The number of hydrogen-bond donors (Lipinski definition) is 4. The summed E-state index contributed by atoms with van der Waals surface area (Å²) in [6, 6.07) is 9.87. The van der Waals surface area contributed by atoms with E-state index < -0.39 is 37.1 Å². The van der Waals surface area contributed by atoms with Crippen LogP contribution >= 0.6 is 11.3 Å². The highest BCUT2D eigenvalue weighted by Crippen LogP contribution is 2.38. The summed E-state index contributed by atoms with van der Waals surface area (Å²) in [7, 11) is 0. The molecular weight excluding hydrogens is 368 g/mol. The fourth-order valence-electron chi connectivity index (χ4n) is 3.25. The third kappa shape index (κ3) is 4.34. The fourth-order valence-corrected chi connectivity index (χ4v) is 4.54. The lowest BCUT2D eigenvalue weighted by Gasteiger charge is -2.39. The molecule has 1 aliphatic rings. The molecule has 1 saturated heterocycles. The summed E-state index contributed by atoms with van der Waals surface area (Å²) in [5.41, 5.74) is 2.21. The molecule has 0 aliphatic carbocycles. The van der Waals surface area contributed by atoms with E-state index in [1.54, 1.807) is 0 Å². The van der Waals surface area contributed by atoms with Gasteiger partial charge in [-0.3, -0.25) is 0 Å². The second-order valence-corrected chi connectivity index (χ2v) is 7.93. The molecule has 2 aromatic rings. The molecule has 1 aromatic heterocycles. The van der Waals surface area contributed by atoms with Crippen molar-refractivity contribution in [2.75, 3.05) is 13.2 Å². The van der Waals surface area contributed by atoms with E-state index in [1.807, 2.05) is 44.2 Å². The smallest absolute Gasteiger partial charge is 0.121 e. The van der Waals surface area contributed by atoms with E-state index in [9.17, 15) is 20.4 Å². The summed E-state index contributed by atoms with van der Waals surface area (Å²) in [6.45, 7) is 4.15. The van der Waals surface area contributed by atoms with Gasteiger partial charge in [0, 0.05) is 16.2 Å². The lowest BCUT2D eigenvalue weighted by molar-refractivity contribution is -0.230. The molecule has 1 aromatic carbocycles. The number of rotatable bonds is 6. The zero-order valence-electron chi connectivity index (χ0n) is 15.4. The summed E-state index contributed by atoms with van der Waals surface area (Å²) in [5, 5.41) is 39.6. The van der Waals surface area contributed by atoms with Gasteiger partial charge in [0.1, 0.15) is 36.3 Å². The predicted octanol–water partition coefficient (Wildman–Crippen LogP) is 1.56. The van der Waals surface area contributed by atoms with Gasteiger partial charge in [0.15, 0.2) is 0 Å². The van der Waals surface area contributed by atoms with Gasteiger partial charge in [-0.25, -0.2) is 0 Å². The molecule has 0 radical (unpaired) electrons. The number of aryl methyl sites for hydroxylation is 1. The van der Waals surface area contributed by atoms with Crippen molar-refractivity contribution < 1.29 is 29.9 Å². The van der Waals surface area contributed by atoms with Crippen molar-refractivity contribution in [3.05, 3.63) is 51.2 Å². The molecule has 1 aliphatic heterocycles. The molecule has 0 saturated carbocycles. The number of aliphatic hydroxyl groups excluding tert-OH is 4.